The molecule has 2 fully saturated rings. The summed E-state index contributed by atoms with van der Waals surface area (Å²) in [7, 11) is -0.480. The molecule has 2 aromatic rings. The normalized spacial score (nSPS) is 23.4. The Morgan fingerprint density at radius 3 is 2.64 bits per heavy atom. The number of hydroxylamine groups is 2. The van der Waals surface area contributed by atoms with Crippen LogP contribution in [0.3, 0.4) is 0 Å². The van der Waals surface area contributed by atoms with E-state index in [1.165, 1.54) is 4.31 Å². The van der Waals surface area contributed by atoms with Gasteiger partial charge in [-0.05, 0) is 43.0 Å². The van der Waals surface area contributed by atoms with E-state index < -0.39 is 27.2 Å². The van der Waals surface area contributed by atoms with Crippen molar-refractivity contribution in [3.8, 4) is 11.5 Å². The molecular formula is C26H34N2O7S. The van der Waals surface area contributed by atoms with Gasteiger partial charge in [0.15, 0.2) is 11.5 Å². The van der Waals surface area contributed by atoms with Crippen LogP contribution in [-0.4, -0.2) is 69.5 Å². The average Bonchev–Trinajstić information content (AvgIpc) is 3.30. The predicted molar refractivity (Wildman–Crippen MR) is 134 cm³/mol. The number of carbonyl (C=O) groups excluding carboxylic acids is 1. The number of ether oxygens (including phenoxy) is 3. The van der Waals surface area contributed by atoms with Crippen molar-refractivity contribution < 1.29 is 32.3 Å². The lowest BCUT2D eigenvalue weighted by atomic mass is 10.0. The Hall–Kier alpha value is -2.66. The summed E-state index contributed by atoms with van der Waals surface area (Å²) in [5.74, 6) is 0.289. The Labute approximate surface area is 212 Å². The molecule has 0 spiro atoms. The topological polar surface area (TPSA) is 94.6 Å². The molecule has 0 aromatic heterocycles. The fraction of sp³-hybridized carbons (Fsp3) is 0.500. The summed E-state index contributed by atoms with van der Waals surface area (Å²) in [5, 5.41) is 0.748. The summed E-state index contributed by atoms with van der Waals surface area (Å²) < 4.78 is 45.6. The molecule has 3 atom stereocenters. The van der Waals surface area contributed by atoms with Gasteiger partial charge in [0.2, 0.25) is 10.0 Å². The third-order valence-electron chi connectivity index (χ3n) is 6.70. The zero-order chi connectivity index (χ0) is 25.7. The highest BCUT2D eigenvalue weighted by Gasteiger charge is 2.47. The van der Waals surface area contributed by atoms with E-state index in [1.54, 1.807) is 38.3 Å². The largest absolute Gasteiger partial charge is 0.493 e. The standard InChI is InChI=1S/C26H34N2O7S/c1-4-33-26(29)21-11-8-14-28(16-21)36(30,31)24-18-35-27(2)25(24)20-12-13-22(23(15-20)32-3)34-17-19-9-6-5-7-10-19/h5-7,9-10,12-13,15,21,24-25H,4,8,11,14,16-18H2,1-3H3/t21-,24-,25+/m1/s1. The molecule has 2 aromatic carbocycles. The monoisotopic (exact) mass is 518 g/mol. The van der Waals surface area contributed by atoms with Crippen molar-refractivity contribution >= 4 is 16.0 Å². The predicted octanol–water partition coefficient (Wildman–Crippen LogP) is 3.17. The number of hydrogen-bond donors (Lipinski definition) is 0. The van der Waals surface area contributed by atoms with E-state index in [0.29, 0.717) is 37.5 Å². The first-order chi connectivity index (χ1) is 17.3. The van der Waals surface area contributed by atoms with E-state index in [2.05, 4.69) is 0 Å². The number of piperidine rings is 1. The summed E-state index contributed by atoms with van der Waals surface area (Å²) in [6, 6.07) is 14.7. The smallest absolute Gasteiger partial charge is 0.310 e. The van der Waals surface area contributed by atoms with Gasteiger partial charge in [-0.15, -0.1) is 0 Å². The Morgan fingerprint density at radius 1 is 1.14 bits per heavy atom. The fourth-order valence-electron chi connectivity index (χ4n) is 4.81. The molecule has 2 heterocycles. The second-order valence-electron chi connectivity index (χ2n) is 9.00. The van der Waals surface area contributed by atoms with Crippen LogP contribution in [0, 0.1) is 5.92 Å². The molecule has 2 aliphatic rings. The molecule has 0 N–H and O–H groups in total. The van der Waals surface area contributed by atoms with Crippen LogP contribution in [0.4, 0.5) is 0 Å². The molecule has 0 radical (unpaired) electrons. The number of benzene rings is 2. The van der Waals surface area contributed by atoms with E-state index >= 15 is 0 Å². The van der Waals surface area contributed by atoms with Gasteiger partial charge in [0.05, 0.1) is 32.3 Å². The van der Waals surface area contributed by atoms with E-state index in [1.807, 2.05) is 36.4 Å². The van der Waals surface area contributed by atoms with E-state index in [0.717, 1.165) is 11.1 Å². The maximum atomic E-state index is 13.7. The minimum atomic E-state index is -3.76. The SMILES string of the molecule is CCOC(=O)[C@@H]1CCCN(S(=O)(=O)[C@@H]2CON(C)[C@H]2c2ccc(OCc3ccccc3)c(OC)c2)C1. The maximum Gasteiger partial charge on any atom is 0.310 e. The lowest BCUT2D eigenvalue weighted by Gasteiger charge is -2.34. The molecule has 4 rings (SSSR count). The van der Waals surface area contributed by atoms with Crippen molar-refractivity contribution in [2.75, 3.05) is 40.5 Å². The van der Waals surface area contributed by atoms with Gasteiger partial charge in [-0.25, -0.2) is 12.7 Å². The highest BCUT2D eigenvalue weighted by molar-refractivity contribution is 7.89. The number of sulfonamides is 1. The number of nitrogens with zero attached hydrogens (tertiary/aromatic N) is 2. The van der Waals surface area contributed by atoms with E-state index in [9.17, 15) is 13.2 Å². The number of methoxy groups -OCH3 is 1. The van der Waals surface area contributed by atoms with Gasteiger partial charge in [0.25, 0.3) is 0 Å². The number of esters is 1. The van der Waals surface area contributed by atoms with Crippen LogP contribution in [-0.2, 0) is 31.0 Å². The molecule has 2 aliphatic heterocycles. The summed E-state index contributed by atoms with van der Waals surface area (Å²) in [6.45, 7) is 2.94. The second-order valence-corrected chi connectivity index (χ2v) is 11.2. The fourth-order valence-corrected chi connectivity index (χ4v) is 6.85. The van der Waals surface area contributed by atoms with Crippen molar-refractivity contribution in [2.45, 2.75) is 37.7 Å². The molecule has 0 bridgehead atoms. The summed E-state index contributed by atoms with van der Waals surface area (Å²) in [5.41, 5.74) is 1.77. The zero-order valence-corrected chi connectivity index (χ0v) is 21.8. The van der Waals surface area contributed by atoms with Gasteiger partial charge < -0.3 is 14.2 Å². The molecule has 0 amide bonds. The Kier molecular flexibility index (Phi) is 8.50. The van der Waals surface area contributed by atoms with Crippen LogP contribution in [0.1, 0.15) is 36.9 Å². The van der Waals surface area contributed by atoms with Gasteiger partial charge in [0.1, 0.15) is 11.9 Å². The first kappa shape index (κ1) is 26.4. The van der Waals surface area contributed by atoms with Crippen LogP contribution in [0.5, 0.6) is 11.5 Å². The molecule has 9 nitrogen and oxygen atoms in total. The minimum absolute atomic E-state index is 0.0264. The van der Waals surface area contributed by atoms with Crippen LogP contribution in [0.25, 0.3) is 0 Å². The lowest BCUT2D eigenvalue weighted by Crippen LogP contribution is -2.48. The van der Waals surface area contributed by atoms with Gasteiger partial charge in [-0.3, -0.25) is 9.63 Å². The minimum Gasteiger partial charge on any atom is -0.493 e. The summed E-state index contributed by atoms with van der Waals surface area (Å²) in [6.07, 6.45) is 1.23. The quantitative estimate of drug-likeness (QED) is 0.468. The van der Waals surface area contributed by atoms with Crippen molar-refractivity contribution in [2.24, 2.45) is 5.92 Å². The van der Waals surface area contributed by atoms with Crippen molar-refractivity contribution in [3.63, 3.8) is 0 Å². The van der Waals surface area contributed by atoms with Crippen LogP contribution >= 0.6 is 0 Å². The first-order valence-corrected chi connectivity index (χ1v) is 13.7. The lowest BCUT2D eigenvalue weighted by molar-refractivity contribution is -0.149. The molecule has 0 saturated carbocycles. The highest BCUT2D eigenvalue weighted by Crippen LogP contribution is 2.39. The molecule has 196 valence electrons. The van der Waals surface area contributed by atoms with Gasteiger partial charge in [-0.1, -0.05) is 36.4 Å². The molecule has 0 aliphatic carbocycles. The van der Waals surface area contributed by atoms with Crippen molar-refractivity contribution in [1.82, 2.24) is 9.37 Å². The first-order valence-electron chi connectivity index (χ1n) is 12.2. The molecule has 10 heteroatoms. The van der Waals surface area contributed by atoms with Gasteiger partial charge >= 0.3 is 5.97 Å². The number of rotatable bonds is 9. The van der Waals surface area contributed by atoms with Crippen molar-refractivity contribution in [3.05, 3.63) is 59.7 Å². The molecular weight excluding hydrogens is 484 g/mol. The number of carbonyl (C=O) groups is 1. The van der Waals surface area contributed by atoms with E-state index in [4.69, 9.17) is 19.0 Å². The molecule has 2 saturated heterocycles. The maximum absolute atomic E-state index is 13.7. The van der Waals surface area contributed by atoms with Gasteiger partial charge in [0, 0.05) is 20.1 Å². The summed E-state index contributed by atoms with van der Waals surface area (Å²) >= 11 is 0. The molecule has 0 unspecified atom stereocenters. The average molecular weight is 519 g/mol. The van der Waals surface area contributed by atoms with Crippen molar-refractivity contribution in [1.29, 1.82) is 0 Å². The van der Waals surface area contributed by atoms with Crippen LogP contribution in [0.2, 0.25) is 0 Å². The third kappa shape index (κ3) is 5.67. The highest BCUT2D eigenvalue weighted by atomic mass is 32.2. The zero-order valence-electron chi connectivity index (χ0n) is 21.0. The third-order valence-corrected chi connectivity index (χ3v) is 8.91. The summed E-state index contributed by atoms with van der Waals surface area (Å²) in [4.78, 5) is 18.0. The van der Waals surface area contributed by atoms with Crippen LogP contribution in [0.15, 0.2) is 48.5 Å². The van der Waals surface area contributed by atoms with Crippen LogP contribution < -0.4 is 9.47 Å². The van der Waals surface area contributed by atoms with Gasteiger partial charge in [-0.2, -0.15) is 5.06 Å². The Morgan fingerprint density at radius 2 is 1.92 bits per heavy atom. The Bertz CT molecular complexity index is 1140. The second kappa shape index (κ2) is 11.6. The Balaban J connectivity index is 1.54. The number of hydrogen-bond acceptors (Lipinski definition) is 8. The van der Waals surface area contributed by atoms with E-state index in [-0.39, 0.29) is 25.7 Å². The molecule has 36 heavy (non-hydrogen) atoms.